The molecule has 3 amide bonds. The molecule has 1 aliphatic rings. The van der Waals surface area contributed by atoms with Crippen molar-refractivity contribution < 1.29 is 19.1 Å². The van der Waals surface area contributed by atoms with E-state index >= 15 is 0 Å². The first-order valence-corrected chi connectivity index (χ1v) is 13.1. The average Bonchev–Trinajstić information content (AvgIpc) is 2.99. The fraction of sp³-hybridized carbons (Fsp3) is 0.300. The number of benzene rings is 3. The number of nitrogens with zero attached hydrogens (tertiary/aromatic N) is 3. The van der Waals surface area contributed by atoms with Crippen LogP contribution >= 0.6 is 0 Å². The van der Waals surface area contributed by atoms with Crippen molar-refractivity contribution in [3.63, 3.8) is 0 Å². The Morgan fingerprint density at radius 2 is 1.52 bits per heavy atom. The van der Waals surface area contributed by atoms with Crippen LogP contribution in [0.5, 0.6) is 5.75 Å². The third kappa shape index (κ3) is 7.21. The van der Waals surface area contributed by atoms with Crippen LogP contribution in [0.25, 0.3) is 0 Å². The lowest BCUT2D eigenvalue weighted by molar-refractivity contribution is 0.0949. The predicted molar refractivity (Wildman–Crippen MR) is 156 cm³/mol. The zero-order valence-electron chi connectivity index (χ0n) is 22.8. The molecule has 0 aliphatic carbocycles. The van der Waals surface area contributed by atoms with Crippen molar-refractivity contribution >= 4 is 34.7 Å². The minimum atomic E-state index is -0.450. The molecule has 0 unspecified atom stereocenters. The normalized spacial score (nSPS) is 12.8. The van der Waals surface area contributed by atoms with Crippen molar-refractivity contribution in [3.8, 4) is 11.8 Å². The molecule has 1 saturated heterocycles. The summed E-state index contributed by atoms with van der Waals surface area (Å²) in [6.45, 7) is 3.99. The molecule has 0 aromatic heterocycles. The monoisotopic (exact) mass is 542 g/mol. The van der Waals surface area contributed by atoms with Gasteiger partial charge in [-0.2, -0.15) is 5.26 Å². The second kappa shape index (κ2) is 13.9. The summed E-state index contributed by atoms with van der Waals surface area (Å²) >= 11 is 0. The summed E-state index contributed by atoms with van der Waals surface area (Å²) in [5, 5.41) is 17.5. The van der Waals surface area contributed by atoms with Crippen LogP contribution < -0.4 is 30.5 Å². The number of piperazine rings is 1. The van der Waals surface area contributed by atoms with Crippen LogP contribution in [-0.2, 0) is 4.74 Å². The largest absolute Gasteiger partial charge is 0.495 e. The van der Waals surface area contributed by atoms with Crippen LogP contribution in [-0.4, -0.2) is 65.5 Å². The Kier molecular flexibility index (Phi) is 9.80. The predicted octanol–water partition coefficient (Wildman–Crippen LogP) is 4.30. The van der Waals surface area contributed by atoms with E-state index in [0.29, 0.717) is 55.2 Å². The van der Waals surface area contributed by atoms with Crippen molar-refractivity contribution in [1.29, 1.82) is 5.26 Å². The molecular weight excluding hydrogens is 508 g/mol. The molecule has 10 heteroatoms. The lowest BCUT2D eigenvalue weighted by Gasteiger charge is -2.38. The zero-order valence-corrected chi connectivity index (χ0v) is 22.8. The van der Waals surface area contributed by atoms with E-state index in [1.165, 1.54) is 0 Å². The number of urea groups is 1. The summed E-state index contributed by atoms with van der Waals surface area (Å²) in [5.41, 5.74) is 3.89. The molecular formula is C30H34N6O4. The van der Waals surface area contributed by atoms with Crippen molar-refractivity contribution in [2.24, 2.45) is 0 Å². The van der Waals surface area contributed by atoms with E-state index < -0.39 is 6.03 Å². The van der Waals surface area contributed by atoms with Crippen molar-refractivity contribution in [1.82, 2.24) is 5.32 Å². The van der Waals surface area contributed by atoms with E-state index in [-0.39, 0.29) is 5.91 Å². The number of anilines is 4. The van der Waals surface area contributed by atoms with Gasteiger partial charge in [0.15, 0.2) is 0 Å². The summed E-state index contributed by atoms with van der Waals surface area (Å²) in [7, 11) is 3.30. The summed E-state index contributed by atoms with van der Waals surface area (Å²) in [6, 6.07) is 21.5. The van der Waals surface area contributed by atoms with Gasteiger partial charge in [-0.05, 0) is 61.0 Å². The Hall–Kier alpha value is -4.75. The second-order valence-corrected chi connectivity index (χ2v) is 9.25. The van der Waals surface area contributed by atoms with Crippen molar-refractivity contribution in [3.05, 3.63) is 77.9 Å². The highest BCUT2D eigenvalue weighted by Gasteiger charge is 2.24. The van der Waals surface area contributed by atoms with E-state index in [4.69, 9.17) is 14.7 Å². The molecule has 4 rings (SSSR count). The maximum absolute atomic E-state index is 13.3. The number of hydrogen-bond acceptors (Lipinski definition) is 7. The minimum Gasteiger partial charge on any atom is -0.495 e. The summed E-state index contributed by atoms with van der Waals surface area (Å²) in [6.07, 6.45) is 0.695. The highest BCUT2D eigenvalue weighted by molar-refractivity contribution is 6.04. The molecule has 1 fully saturated rings. The summed E-state index contributed by atoms with van der Waals surface area (Å²) in [4.78, 5) is 30.4. The fourth-order valence-corrected chi connectivity index (χ4v) is 4.59. The topological polar surface area (TPSA) is 119 Å². The Morgan fingerprint density at radius 3 is 2.20 bits per heavy atom. The van der Waals surface area contributed by atoms with Crippen LogP contribution in [0.15, 0.2) is 66.7 Å². The third-order valence-electron chi connectivity index (χ3n) is 6.63. The number of nitrogens with one attached hydrogen (secondary N) is 3. The standard InChI is InChI=1S/C30H34N6O4/c1-39-19-5-14-32-29(37)25-20-24(34-30(38)33-23-10-8-22(21-31)9-11-23)12-13-26(25)35-15-17-36(18-16-35)27-6-3-4-7-28(27)40-2/h3-4,6-13,20H,5,14-19H2,1-2H3,(H,32,37)(H2,33,34,38). The van der Waals surface area contributed by atoms with Gasteiger partial charge in [0.1, 0.15) is 5.75 Å². The number of ether oxygens (including phenoxy) is 2. The first kappa shape index (κ1) is 28.3. The summed E-state index contributed by atoms with van der Waals surface area (Å²) < 4.78 is 10.6. The first-order valence-electron chi connectivity index (χ1n) is 13.1. The molecule has 10 nitrogen and oxygen atoms in total. The maximum atomic E-state index is 13.3. The zero-order chi connectivity index (χ0) is 28.3. The Balaban J connectivity index is 1.48. The van der Waals surface area contributed by atoms with E-state index in [1.54, 1.807) is 50.6 Å². The number of hydrogen-bond donors (Lipinski definition) is 3. The van der Waals surface area contributed by atoms with Crippen LogP contribution in [0.4, 0.5) is 27.5 Å². The van der Waals surface area contributed by atoms with Crippen LogP contribution in [0, 0.1) is 11.3 Å². The second-order valence-electron chi connectivity index (χ2n) is 9.25. The highest BCUT2D eigenvalue weighted by atomic mass is 16.5. The van der Waals surface area contributed by atoms with Gasteiger partial charge < -0.3 is 35.2 Å². The van der Waals surface area contributed by atoms with Gasteiger partial charge in [0.2, 0.25) is 0 Å². The first-order chi connectivity index (χ1) is 19.5. The van der Waals surface area contributed by atoms with Gasteiger partial charge in [-0.3, -0.25) is 4.79 Å². The van der Waals surface area contributed by atoms with E-state index in [9.17, 15) is 9.59 Å². The molecule has 0 saturated carbocycles. The number of methoxy groups -OCH3 is 2. The molecule has 40 heavy (non-hydrogen) atoms. The molecule has 0 atom stereocenters. The molecule has 3 aromatic carbocycles. The van der Waals surface area contributed by atoms with E-state index in [2.05, 4.69) is 31.8 Å². The van der Waals surface area contributed by atoms with Gasteiger partial charge in [-0.25, -0.2) is 4.79 Å². The molecule has 3 aromatic rings. The minimum absolute atomic E-state index is 0.214. The van der Waals surface area contributed by atoms with Gasteiger partial charge in [0.05, 0.1) is 30.0 Å². The van der Waals surface area contributed by atoms with Crippen LogP contribution in [0.3, 0.4) is 0 Å². The van der Waals surface area contributed by atoms with E-state index in [1.807, 2.05) is 30.3 Å². The highest BCUT2D eigenvalue weighted by Crippen LogP contribution is 2.31. The lowest BCUT2D eigenvalue weighted by Crippen LogP contribution is -2.47. The average molecular weight is 543 g/mol. The van der Waals surface area contributed by atoms with Gasteiger partial charge in [-0.15, -0.1) is 0 Å². The molecule has 208 valence electrons. The van der Waals surface area contributed by atoms with Crippen molar-refractivity contribution in [2.75, 3.05) is 74.0 Å². The summed E-state index contributed by atoms with van der Waals surface area (Å²) in [5.74, 6) is 0.621. The Bertz CT molecular complexity index is 1350. The van der Waals surface area contributed by atoms with E-state index in [0.717, 1.165) is 30.2 Å². The fourth-order valence-electron chi connectivity index (χ4n) is 4.59. The number of nitriles is 1. The Morgan fingerprint density at radius 1 is 0.875 bits per heavy atom. The van der Waals surface area contributed by atoms with Gasteiger partial charge in [0, 0.05) is 63.5 Å². The molecule has 3 N–H and O–H groups in total. The van der Waals surface area contributed by atoms with Crippen LogP contribution in [0.1, 0.15) is 22.3 Å². The van der Waals surface area contributed by atoms with Crippen LogP contribution in [0.2, 0.25) is 0 Å². The third-order valence-corrected chi connectivity index (χ3v) is 6.63. The molecule has 0 radical (unpaired) electrons. The van der Waals surface area contributed by atoms with Gasteiger partial charge in [-0.1, -0.05) is 12.1 Å². The maximum Gasteiger partial charge on any atom is 0.323 e. The molecule has 0 spiro atoms. The number of carbonyl (C=O) groups excluding carboxylic acids is 2. The Labute approximate surface area is 234 Å². The number of amides is 3. The number of para-hydroxylation sites is 2. The molecule has 1 heterocycles. The molecule has 1 aliphatic heterocycles. The number of carbonyl (C=O) groups is 2. The van der Waals surface area contributed by atoms with Gasteiger partial charge in [0.25, 0.3) is 5.91 Å². The lowest BCUT2D eigenvalue weighted by atomic mass is 10.1. The quantitative estimate of drug-likeness (QED) is 0.327. The smallest absolute Gasteiger partial charge is 0.323 e. The molecule has 0 bridgehead atoms. The van der Waals surface area contributed by atoms with Crippen molar-refractivity contribution in [2.45, 2.75) is 6.42 Å². The number of rotatable bonds is 10. The SMILES string of the molecule is COCCCNC(=O)c1cc(NC(=O)Nc2ccc(C#N)cc2)ccc1N1CCN(c2ccccc2OC)CC1. The van der Waals surface area contributed by atoms with Gasteiger partial charge >= 0.3 is 6.03 Å².